The molecule has 0 spiro atoms. The van der Waals surface area contributed by atoms with Crippen molar-refractivity contribution in [3.8, 4) is 17.0 Å². The normalized spacial score (nSPS) is 12.6. The van der Waals surface area contributed by atoms with Gasteiger partial charge < -0.3 is 9.84 Å². The standard InChI is InChI=1S/C27H31F2NO2/c1-3-4-8-17-32-19(2)9-6-5-7-10-20-11-14-23-21(18-20)12-15-24(30-23)22-13-16-25(31)27(29)26(22)28/h7,10-16,18-19,31H,3-6,8-9,17H2,1-2H3. The molecule has 0 bridgehead atoms. The minimum Gasteiger partial charge on any atom is -0.505 e. The molecule has 0 saturated carbocycles. The number of phenols is 1. The van der Waals surface area contributed by atoms with E-state index in [9.17, 15) is 13.9 Å². The zero-order valence-electron chi connectivity index (χ0n) is 18.8. The number of benzene rings is 2. The van der Waals surface area contributed by atoms with Gasteiger partial charge in [-0.3, -0.25) is 0 Å². The average molecular weight is 440 g/mol. The summed E-state index contributed by atoms with van der Waals surface area (Å²) in [5.41, 5.74) is 2.11. The lowest BCUT2D eigenvalue weighted by molar-refractivity contribution is 0.0566. The van der Waals surface area contributed by atoms with Gasteiger partial charge in [0.05, 0.1) is 17.3 Å². The van der Waals surface area contributed by atoms with Crippen molar-refractivity contribution >= 4 is 17.0 Å². The third-order valence-electron chi connectivity index (χ3n) is 5.49. The lowest BCUT2D eigenvalue weighted by Crippen LogP contribution is -2.08. The molecular weight excluding hydrogens is 408 g/mol. The summed E-state index contributed by atoms with van der Waals surface area (Å²) < 4.78 is 33.7. The summed E-state index contributed by atoms with van der Waals surface area (Å²) in [5.74, 6) is -3.07. The Hall–Kier alpha value is -2.79. The van der Waals surface area contributed by atoms with Crippen LogP contribution in [0.15, 0.2) is 48.5 Å². The van der Waals surface area contributed by atoms with E-state index in [0.717, 1.165) is 49.3 Å². The number of allylic oxidation sites excluding steroid dienone is 1. The van der Waals surface area contributed by atoms with Gasteiger partial charge in [0, 0.05) is 17.6 Å². The number of halogens is 2. The van der Waals surface area contributed by atoms with E-state index >= 15 is 0 Å². The van der Waals surface area contributed by atoms with Crippen LogP contribution in [0.5, 0.6) is 5.75 Å². The van der Waals surface area contributed by atoms with Crippen LogP contribution in [0.25, 0.3) is 28.2 Å². The molecule has 0 fully saturated rings. The SMILES string of the molecule is CCCCCOC(C)CCCC=Cc1ccc2nc(-c3ccc(O)c(F)c3F)ccc2c1. The number of nitrogens with zero attached hydrogens (tertiary/aromatic N) is 1. The van der Waals surface area contributed by atoms with Gasteiger partial charge in [0.2, 0.25) is 5.82 Å². The molecule has 1 aromatic heterocycles. The number of aromatic hydroxyl groups is 1. The predicted octanol–water partition coefficient (Wildman–Crippen LogP) is 7.66. The predicted molar refractivity (Wildman–Crippen MR) is 127 cm³/mol. The number of ether oxygens (including phenoxy) is 1. The summed E-state index contributed by atoms with van der Waals surface area (Å²) >= 11 is 0. The maximum Gasteiger partial charge on any atom is 0.201 e. The van der Waals surface area contributed by atoms with Crippen molar-refractivity contribution in [3.63, 3.8) is 0 Å². The highest BCUT2D eigenvalue weighted by Gasteiger charge is 2.15. The summed E-state index contributed by atoms with van der Waals surface area (Å²) in [5, 5.41) is 10.2. The van der Waals surface area contributed by atoms with E-state index in [1.807, 2.05) is 24.3 Å². The molecule has 0 amide bonds. The number of unbranched alkanes of at least 4 members (excludes halogenated alkanes) is 3. The maximum absolute atomic E-state index is 14.2. The van der Waals surface area contributed by atoms with Gasteiger partial charge in [-0.15, -0.1) is 0 Å². The van der Waals surface area contributed by atoms with E-state index in [1.165, 1.54) is 18.9 Å². The van der Waals surface area contributed by atoms with Crippen LogP contribution in [0.3, 0.4) is 0 Å². The van der Waals surface area contributed by atoms with E-state index in [2.05, 4.69) is 31.0 Å². The first-order valence-electron chi connectivity index (χ1n) is 11.4. The van der Waals surface area contributed by atoms with Crippen molar-refractivity contribution in [2.75, 3.05) is 6.61 Å². The third-order valence-corrected chi connectivity index (χ3v) is 5.49. The first kappa shape index (κ1) is 23.9. The molecule has 1 atom stereocenters. The lowest BCUT2D eigenvalue weighted by Gasteiger charge is -2.12. The monoisotopic (exact) mass is 439 g/mol. The molecule has 0 radical (unpaired) electrons. The van der Waals surface area contributed by atoms with Crippen LogP contribution in [0.1, 0.15) is 57.9 Å². The molecule has 3 rings (SSSR count). The number of aromatic nitrogens is 1. The van der Waals surface area contributed by atoms with Crippen LogP contribution in [-0.2, 0) is 4.74 Å². The van der Waals surface area contributed by atoms with Crippen LogP contribution >= 0.6 is 0 Å². The molecule has 3 aromatic rings. The summed E-state index contributed by atoms with van der Waals surface area (Å²) in [6.07, 6.45) is 11.3. The fourth-order valence-corrected chi connectivity index (χ4v) is 3.60. The molecule has 1 heterocycles. The van der Waals surface area contributed by atoms with Crippen molar-refractivity contribution in [2.24, 2.45) is 0 Å². The molecule has 0 aliphatic heterocycles. The Morgan fingerprint density at radius 3 is 2.69 bits per heavy atom. The Kier molecular flexibility index (Phi) is 8.74. The van der Waals surface area contributed by atoms with E-state index in [-0.39, 0.29) is 5.56 Å². The van der Waals surface area contributed by atoms with Gasteiger partial charge >= 0.3 is 0 Å². The van der Waals surface area contributed by atoms with Crippen molar-refractivity contribution in [1.82, 2.24) is 4.98 Å². The van der Waals surface area contributed by atoms with Gasteiger partial charge in [0.15, 0.2) is 11.6 Å². The average Bonchev–Trinajstić information content (AvgIpc) is 2.80. The number of rotatable bonds is 11. The molecule has 170 valence electrons. The Morgan fingerprint density at radius 2 is 1.88 bits per heavy atom. The van der Waals surface area contributed by atoms with Gasteiger partial charge in [-0.05, 0) is 68.5 Å². The summed E-state index contributed by atoms with van der Waals surface area (Å²) in [7, 11) is 0. The zero-order chi connectivity index (χ0) is 22.9. The number of hydrogen-bond acceptors (Lipinski definition) is 3. The molecular formula is C27H31F2NO2. The Labute approximate surface area is 188 Å². The second-order valence-electron chi connectivity index (χ2n) is 8.13. The topological polar surface area (TPSA) is 42.4 Å². The van der Waals surface area contributed by atoms with Gasteiger partial charge in [-0.25, -0.2) is 9.37 Å². The highest BCUT2D eigenvalue weighted by atomic mass is 19.2. The van der Waals surface area contributed by atoms with E-state index < -0.39 is 17.4 Å². The molecule has 1 unspecified atom stereocenters. The molecule has 3 nitrogen and oxygen atoms in total. The van der Waals surface area contributed by atoms with Gasteiger partial charge in [-0.2, -0.15) is 4.39 Å². The highest BCUT2D eigenvalue weighted by molar-refractivity contribution is 5.84. The summed E-state index contributed by atoms with van der Waals surface area (Å²) in [6, 6.07) is 11.8. The Bertz CT molecular complexity index is 1060. The first-order chi connectivity index (χ1) is 15.5. The molecule has 0 aliphatic rings. The molecule has 2 aromatic carbocycles. The second kappa shape index (κ2) is 11.7. The van der Waals surface area contributed by atoms with Gasteiger partial charge in [-0.1, -0.05) is 44.1 Å². The fourth-order valence-electron chi connectivity index (χ4n) is 3.60. The Balaban J connectivity index is 1.57. The quantitative estimate of drug-likeness (QED) is 0.312. The lowest BCUT2D eigenvalue weighted by atomic mass is 10.1. The van der Waals surface area contributed by atoms with E-state index in [1.54, 1.807) is 6.07 Å². The van der Waals surface area contributed by atoms with E-state index in [4.69, 9.17) is 4.74 Å². The Morgan fingerprint density at radius 1 is 1.03 bits per heavy atom. The molecule has 5 heteroatoms. The van der Waals surface area contributed by atoms with Gasteiger partial charge in [0.25, 0.3) is 0 Å². The van der Waals surface area contributed by atoms with Crippen molar-refractivity contribution in [1.29, 1.82) is 0 Å². The molecule has 32 heavy (non-hydrogen) atoms. The van der Waals surface area contributed by atoms with E-state index in [0.29, 0.717) is 17.3 Å². The van der Waals surface area contributed by atoms with Crippen LogP contribution in [0.2, 0.25) is 0 Å². The van der Waals surface area contributed by atoms with Crippen molar-refractivity contribution < 1.29 is 18.6 Å². The minimum absolute atomic E-state index is 0.0229. The highest BCUT2D eigenvalue weighted by Crippen LogP contribution is 2.29. The van der Waals surface area contributed by atoms with Gasteiger partial charge in [0.1, 0.15) is 0 Å². The number of pyridine rings is 1. The zero-order valence-corrected chi connectivity index (χ0v) is 18.8. The second-order valence-corrected chi connectivity index (χ2v) is 8.13. The summed E-state index contributed by atoms with van der Waals surface area (Å²) in [6.45, 7) is 5.19. The van der Waals surface area contributed by atoms with Crippen LogP contribution < -0.4 is 0 Å². The molecule has 0 saturated heterocycles. The third kappa shape index (κ3) is 6.36. The number of phenolic OH excluding ortho intramolecular Hbond substituents is 1. The van der Waals surface area contributed by atoms with Crippen molar-refractivity contribution in [2.45, 2.75) is 58.5 Å². The number of hydrogen-bond donors (Lipinski definition) is 1. The molecule has 0 aliphatic carbocycles. The summed E-state index contributed by atoms with van der Waals surface area (Å²) in [4.78, 5) is 4.46. The maximum atomic E-state index is 14.2. The fraction of sp³-hybridized carbons (Fsp3) is 0.370. The molecule has 1 N–H and O–H groups in total. The minimum atomic E-state index is -1.26. The van der Waals surface area contributed by atoms with Crippen LogP contribution in [0.4, 0.5) is 8.78 Å². The first-order valence-corrected chi connectivity index (χ1v) is 11.4. The van der Waals surface area contributed by atoms with Crippen LogP contribution in [-0.4, -0.2) is 22.8 Å². The largest absolute Gasteiger partial charge is 0.505 e. The number of fused-ring (bicyclic) bond motifs is 1. The van der Waals surface area contributed by atoms with Crippen molar-refractivity contribution in [3.05, 3.63) is 65.7 Å². The van der Waals surface area contributed by atoms with Crippen LogP contribution in [0, 0.1) is 11.6 Å². The smallest absolute Gasteiger partial charge is 0.201 e.